The van der Waals surface area contributed by atoms with Crippen molar-refractivity contribution in [2.24, 2.45) is 11.7 Å². The largest absolute Gasteiger partial charge is 0.355 e. The van der Waals surface area contributed by atoms with Gasteiger partial charge in [0, 0.05) is 12.6 Å². The van der Waals surface area contributed by atoms with E-state index in [0.29, 0.717) is 6.54 Å². The number of nitrogens with one attached hydrogen (secondary N) is 2. The Morgan fingerprint density at radius 2 is 2.00 bits per heavy atom. The van der Waals surface area contributed by atoms with Crippen LogP contribution in [0.15, 0.2) is 0 Å². The Kier molecular flexibility index (Phi) is 5.41. The molecule has 1 aliphatic carbocycles. The van der Waals surface area contributed by atoms with Crippen LogP contribution in [-0.4, -0.2) is 30.4 Å². The molecule has 0 aromatic carbocycles. The second kappa shape index (κ2) is 6.59. The zero-order chi connectivity index (χ0) is 12.8. The zero-order valence-electron chi connectivity index (χ0n) is 10.7. The van der Waals surface area contributed by atoms with E-state index >= 15 is 0 Å². The third-order valence-corrected chi connectivity index (χ3v) is 3.26. The van der Waals surface area contributed by atoms with Crippen LogP contribution >= 0.6 is 0 Å². The van der Waals surface area contributed by atoms with E-state index in [1.54, 1.807) is 6.92 Å². The standard InChI is InChI=1S/C12H23N3O2/c1-3-14-11(16)8(2)15-12(17)9-6-4-5-7-10(9)13/h8-10H,3-7,13H2,1-2H3,(H,14,16)(H,15,17). The molecule has 3 atom stereocenters. The van der Waals surface area contributed by atoms with Gasteiger partial charge in [0.05, 0.1) is 5.92 Å². The number of carbonyl (C=O) groups is 2. The number of rotatable bonds is 4. The van der Waals surface area contributed by atoms with Gasteiger partial charge in [0.15, 0.2) is 0 Å². The van der Waals surface area contributed by atoms with E-state index in [1.165, 1.54) is 0 Å². The smallest absolute Gasteiger partial charge is 0.242 e. The van der Waals surface area contributed by atoms with E-state index in [1.807, 2.05) is 6.92 Å². The lowest BCUT2D eigenvalue weighted by Crippen LogP contribution is -2.50. The minimum atomic E-state index is -0.489. The number of hydrogen-bond acceptors (Lipinski definition) is 3. The normalized spacial score (nSPS) is 26.1. The molecule has 1 aliphatic rings. The van der Waals surface area contributed by atoms with Crippen LogP contribution in [0, 0.1) is 5.92 Å². The third kappa shape index (κ3) is 4.00. The van der Waals surface area contributed by atoms with Gasteiger partial charge >= 0.3 is 0 Å². The third-order valence-electron chi connectivity index (χ3n) is 3.26. The second-order valence-corrected chi connectivity index (χ2v) is 4.68. The summed E-state index contributed by atoms with van der Waals surface area (Å²) in [5.74, 6) is -0.373. The average molecular weight is 241 g/mol. The molecule has 1 rings (SSSR count). The van der Waals surface area contributed by atoms with Crippen molar-refractivity contribution in [3.63, 3.8) is 0 Å². The monoisotopic (exact) mass is 241 g/mol. The van der Waals surface area contributed by atoms with E-state index in [9.17, 15) is 9.59 Å². The van der Waals surface area contributed by atoms with Gasteiger partial charge in [0.1, 0.15) is 6.04 Å². The van der Waals surface area contributed by atoms with Gasteiger partial charge in [-0.2, -0.15) is 0 Å². The molecule has 5 heteroatoms. The van der Waals surface area contributed by atoms with Crippen molar-refractivity contribution in [1.29, 1.82) is 0 Å². The molecular weight excluding hydrogens is 218 g/mol. The Hall–Kier alpha value is -1.10. The Morgan fingerprint density at radius 1 is 1.35 bits per heavy atom. The van der Waals surface area contributed by atoms with Crippen molar-refractivity contribution >= 4 is 11.8 Å². The zero-order valence-corrected chi connectivity index (χ0v) is 10.7. The number of nitrogens with two attached hydrogens (primary N) is 1. The minimum Gasteiger partial charge on any atom is -0.355 e. The predicted octanol–water partition coefficient (Wildman–Crippen LogP) is 0.145. The lowest BCUT2D eigenvalue weighted by molar-refractivity contribution is -0.131. The Morgan fingerprint density at radius 3 is 2.59 bits per heavy atom. The van der Waals surface area contributed by atoms with Gasteiger partial charge in [-0.15, -0.1) is 0 Å². The fraction of sp³-hybridized carbons (Fsp3) is 0.833. The lowest BCUT2D eigenvalue weighted by atomic mass is 9.84. The van der Waals surface area contributed by atoms with E-state index in [4.69, 9.17) is 5.73 Å². The summed E-state index contributed by atoms with van der Waals surface area (Å²) in [4.78, 5) is 23.4. The molecule has 4 N–H and O–H groups in total. The van der Waals surface area contributed by atoms with Crippen LogP contribution in [-0.2, 0) is 9.59 Å². The van der Waals surface area contributed by atoms with E-state index in [-0.39, 0.29) is 23.8 Å². The van der Waals surface area contributed by atoms with Crippen LogP contribution in [0.1, 0.15) is 39.5 Å². The van der Waals surface area contributed by atoms with Gasteiger partial charge in [0.25, 0.3) is 0 Å². The highest BCUT2D eigenvalue weighted by molar-refractivity contribution is 5.88. The summed E-state index contributed by atoms with van der Waals surface area (Å²) >= 11 is 0. The first kappa shape index (κ1) is 14.0. The topological polar surface area (TPSA) is 84.2 Å². The highest BCUT2D eigenvalue weighted by atomic mass is 16.2. The molecule has 3 unspecified atom stereocenters. The fourth-order valence-electron chi connectivity index (χ4n) is 2.20. The van der Waals surface area contributed by atoms with Crippen molar-refractivity contribution in [3.8, 4) is 0 Å². The van der Waals surface area contributed by atoms with E-state index < -0.39 is 6.04 Å². The quantitative estimate of drug-likeness (QED) is 0.655. The first-order valence-corrected chi connectivity index (χ1v) is 6.40. The predicted molar refractivity (Wildman–Crippen MR) is 66.2 cm³/mol. The maximum Gasteiger partial charge on any atom is 0.242 e. The summed E-state index contributed by atoms with van der Waals surface area (Å²) in [5, 5.41) is 5.41. The molecule has 98 valence electrons. The molecule has 0 aliphatic heterocycles. The van der Waals surface area contributed by atoms with Crippen LogP contribution in [0.3, 0.4) is 0 Å². The summed E-state index contributed by atoms with van der Waals surface area (Å²) in [7, 11) is 0. The van der Waals surface area contributed by atoms with E-state index in [2.05, 4.69) is 10.6 Å². The molecule has 0 radical (unpaired) electrons. The molecule has 0 aromatic heterocycles. The molecule has 1 fully saturated rings. The Bertz CT molecular complexity index is 281. The molecule has 2 amide bonds. The molecule has 0 bridgehead atoms. The number of carbonyl (C=O) groups excluding carboxylic acids is 2. The summed E-state index contributed by atoms with van der Waals surface area (Å²) < 4.78 is 0. The van der Waals surface area contributed by atoms with Gasteiger partial charge in [-0.05, 0) is 26.7 Å². The first-order valence-electron chi connectivity index (χ1n) is 6.40. The van der Waals surface area contributed by atoms with Gasteiger partial charge in [-0.1, -0.05) is 12.8 Å². The van der Waals surface area contributed by atoms with Crippen molar-refractivity contribution in [3.05, 3.63) is 0 Å². The Labute approximate surface area is 103 Å². The maximum absolute atomic E-state index is 12.0. The van der Waals surface area contributed by atoms with Crippen molar-refractivity contribution < 1.29 is 9.59 Å². The number of hydrogen-bond donors (Lipinski definition) is 3. The molecule has 0 spiro atoms. The summed E-state index contributed by atoms with van der Waals surface area (Å²) in [6.45, 7) is 4.11. The lowest BCUT2D eigenvalue weighted by Gasteiger charge is -2.28. The summed E-state index contributed by atoms with van der Waals surface area (Å²) in [5.41, 5.74) is 5.93. The molecule has 0 saturated heterocycles. The van der Waals surface area contributed by atoms with Crippen LogP contribution < -0.4 is 16.4 Å². The Balaban J connectivity index is 2.44. The minimum absolute atomic E-state index is 0.0646. The van der Waals surface area contributed by atoms with Gasteiger partial charge in [-0.25, -0.2) is 0 Å². The molecule has 17 heavy (non-hydrogen) atoms. The van der Waals surface area contributed by atoms with Crippen molar-refractivity contribution in [1.82, 2.24) is 10.6 Å². The number of likely N-dealkylation sites (N-methyl/N-ethyl adjacent to an activating group) is 1. The van der Waals surface area contributed by atoms with Crippen molar-refractivity contribution in [2.75, 3.05) is 6.54 Å². The van der Waals surface area contributed by atoms with Crippen LogP contribution in [0.4, 0.5) is 0 Å². The molecule has 0 heterocycles. The van der Waals surface area contributed by atoms with Crippen molar-refractivity contribution in [2.45, 2.75) is 51.6 Å². The number of amides is 2. The highest BCUT2D eigenvalue weighted by Crippen LogP contribution is 2.23. The molecule has 1 saturated carbocycles. The average Bonchev–Trinajstić information content (AvgIpc) is 2.29. The summed E-state index contributed by atoms with van der Waals surface area (Å²) in [6.07, 6.45) is 3.86. The maximum atomic E-state index is 12.0. The van der Waals surface area contributed by atoms with Crippen LogP contribution in [0.2, 0.25) is 0 Å². The van der Waals surface area contributed by atoms with Gasteiger partial charge in [0.2, 0.25) is 11.8 Å². The SMILES string of the molecule is CCNC(=O)C(C)NC(=O)C1CCCCC1N. The summed E-state index contributed by atoms with van der Waals surface area (Å²) in [6, 6.07) is -0.554. The molecule has 0 aromatic rings. The second-order valence-electron chi connectivity index (χ2n) is 4.68. The van der Waals surface area contributed by atoms with Crippen LogP contribution in [0.25, 0.3) is 0 Å². The fourth-order valence-corrected chi connectivity index (χ4v) is 2.20. The highest BCUT2D eigenvalue weighted by Gasteiger charge is 2.29. The van der Waals surface area contributed by atoms with Gasteiger partial charge < -0.3 is 16.4 Å². The molecule has 5 nitrogen and oxygen atoms in total. The van der Waals surface area contributed by atoms with Gasteiger partial charge in [-0.3, -0.25) is 9.59 Å². The van der Waals surface area contributed by atoms with E-state index in [0.717, 1.165) is 25.7 Å². The first-order chi connectivity index (χ1) is 8.06. The molecular formula is C12H23N3O2. The van der Waals surface area contributed by atoms with Crippen LogP contribution in [0.5, 0.6) is 0 Å².